The summed E-state index contributed by atoms with van der Waals surface area (Å²) in [5.41, 5.74) is 6.78. The Morgan fingerprint density at radius 3 is 2.33 bits per heavy atom. The van der Waals surface area contributed by atoms with Gasteiger partial charge in [-0.25, -0.2) is 0 Å². The van der Waals surface area contributed by atoms with Gasteiger partial charge in [0.1, 0.15) is 5.70 Å². The molecule has 0 aliphatic carbocycles. The quantitative estimate of drug-likeness (QED) is 0.817. The van der Waals surface area contributed by atoms with Gasteiger partial charge in [-0.15, -0.1) is 0 Å². The fourth-order valence-corrected chi connectivity index (χ4v) is 2.55. The average Bonchev–Trinajstić information content (AvgIpc) is 2.56. The number of piperazine rings is 1. The molecule has 1 aromatic rings. The Labute approximate surface area is 123 Å². The number of nitrogens with one attached hydrogen (secondary N) is 2. The second-order valence-electron chi connectivity index (χ2n) is 5.11. The predicted molar refractivity (Wildman–Crippen MR) is 79.2 cm³/mol. The van der Waals surface area contributed by atoms with Gasteiger partial charge in [0.25, 0.3) is 5.91 Å². The number of hydrazine groups is 1. The van der Waals surface area contributed by atoms with E-state index in [0.29, 0.717) is 18.8 Å². The van der Waals surface area contributed by atoms with Gasteiger partial charge >= 0.3 is 0 Å². The Morgan fingerprint density at radius 1 is 1.00 bits per heavy atom. The van der Waals surface area contributed by atoms with Crippen LogP contribution in [0.3, 0.4) is 0 Å². The first-order valence-electron chi connectivity index (χ1n) is 7.08. The lowest BCUT2D eigenvalue weighted by molar-refractivity contribution is -0.128. The lowest BCUT2D eigenvalue weighted by atomic mass is 10.2. The molecule has 0 unspecified atom stereocenters. The molecule has 0 spiro atoms. The van der Waals surface area contributed by atoms with Crippen LogP contribution in [0.2, 0.25) is 0 Å². The van der Waals surface area contributed by atoms with Crippen LogP contribution in [-0.2, 0) is 9.59 Å². The number of hydrogen-bond acceptors (Lipinski definition) is 4. The van der Waals surface area contributed by atoms with Gasteiger partial charge in [-0.2, -0.15) is 0 Å². The van der Waals surface area contributed by atoms with E-state index in [-0.39, 0.29) is 18.2 Å². The molecule has 0 aromatic heterocycles. The maximum atomic E-state index is 12.3. The van der Waals surface area contributed by atoms with Gasteiger partial charge in [-0.3, -0.25) is 20.4 Å². The van der Waals surface area contributed by atoms with E-state index in [9.17, 15) is 9.59 Å². The largest absolute Gasteiger partial charge is 0.368 e. The second kappa shape index (κ2) is 5.87. The standard InChI is InChI=1S/C15H18N4O2/c20-14-7-6-13(16-17-14)15(21)19-10-8-18(9-11-19)12-4-2-1-3-5-12/h1-6,16H,7-11H2,(H,17,20). The number of para-hydroxylation sites is 1. The number of nitrogens with zero attached hydrogens (tertiary/aromatic N) is 2. The van der Waals surface area contributed by atoms with Crippen molar-refractivity contribution in [3.8, 4) is 0 Å². The molecule has 2 aliphatic heterocycles. The van der Waals surface area contributed by atoms with Gasteiger partial charge in [0.05, 0.1) is 0 Å². The molecule has 2 heterocycles. The first-order chi connectivity index (χ1) is 10.2. The topological polar surface area (TPSA) is 64.7 Å². The predicted octanol–water partition coefficient (Wildman–Crippen LogP) is 0.244. The van der Waals surface area contributed by atoms with Crippen LogP contribution in [-0.4, -0.2) is 42.9 Å². The van der Waals surface area contributed by atoms with E-state index in [0.717, 1.165) is 13.1 Å². The smallest absolute Gasteiger partial charge is 0.271 e. The van der Waals surface area contributed by atoms with Gasteiger partial charge in [-0.1, -0.05) is 18.2 Å². The van der Waals surface area contributed by atoms with Crippen LogP contribution >= 0.6 is 0 Å². The molecule has 2 amide bonds. The fourth-order valence-electron chi connectivity index (χ4n) is 2.55. The van der Waals surface area contributed by atoms with E-state index in [1.807, 2.05) is 23.1 Å². The number of rotatable bonds is 2. The number of anilines is 1. The monoisotopic (exact) mass is 286 g/mol. The van der Waals surface area contributed by atoms with Gasteiger partial charge in [0.15, 0.2) is 0 Å². The molecule has 0 atom stereocenters. The van der Waals surface area contributed by atoms with Crippen LogP contribution in [0.1, 0.15) is 6.42 Å². The summed E-state index contributed by atoms with van der Waals surface area (Å²) in [6.45, 7) is 2.99. The number of benzene rings is 1. The first kappa shape index (κ1) is 13.5. The van der Waals surface area contributed by atoms with Crippen molar-refractivity contribution < 1.29 is 9.59 Å². The van der Waals surface area contributed by atoms with Crippen molar-refractivity contribution in [1.82, 2.24) is 15.8 Å². The van der Waals surface area contributed by atoms with E-state index in [4.69, 9.17) is 0 Å². The normalized spacial score (nSPS) is 18.7. The minimum Gasteiger partial charge on any atom is -0.368 e. The van der Waals surface area contributed by atoms with Crippen LogP contribution in [0.4, 0.5) is 5.69 Å². The highest BCUT2D eigenvalue weighted by Crippen LogP contribution is 2.16. The van der Waals surface area contributed by atoms with E-state index < -0.39 is 0 Å². The summed E-state index contributed by atoms with van der Waals surface area (Å²) < 4.78 is 0. The van der Waals surface area contributed by atoms with Gasteiger partial charge < -0.3 is 9.80 Å². The zero-order valence-electron chi connectivity index (χ0n) is 11.7. The summed E-state index contributed by atoms with van der Waals surface area (Å²) in [6, 6.07) is 10.2. The summed E-state index contributed by atoms with van der Waals surface area (Å²) in [5, 5.41) is 0. The SMILES string of the molecule is O=C1CC=C(C(=O)N2CCN(c3ccccc3)CC2)NN1. The van der Waals surface area contributed by atoms with E-state index in [1.54, 1.807) is 6.08 Å². The van der Waals surface area contributed by atoms with Crippen molar-refractivity contribution in [3.63, 3.8) is 0 Å². The molecule has 6 nitrogen and oxygen atoms in total. The minimum atomic E-state index is -0.125. The lowest BCUT2D eigenvalue weighted by Crippen LogP contribution is -2.52. The third-order valence-electron chi connectivity index (χ3n) is 3.75. The maximum absolute atomic E-state index is 12.3. The van der Waals surface area contributed by atoms with Crippen LogP contribution in [0.15, 0.2) is 42.1 Å². The van der Waals surface area contributed by atoms with E-state index in [2.05, 4.69) is 27.9 Å². The zero-order valence-corrected chi connectivity index (χ0v) is 11.7. The molecule has 110 valence electrons. The van der Waals surface area contributed by atoms with Crippen LogP contribution < -0.4 is 15.8 Å². The van der Waals surface area contributed by atoms with Crippen LogP contribution in [0.5, 0.6) is 0 Å². The number of amides is 2. The summed E-state index contributed by atoms with van der Waals surface area (Å²) in [5.74, 6) is -0.178. The molecule has 1 aromatic carbocycles. The Balaban J connectivity index is 1.58. The molecule has 0 bridgehead atoms. The van der Waals surface area contributed by atoms with Crippen molar-refractivity contribution in [2.45, 2.75) is 6.42 Å². The maximum Gasteiger partial charge on any atom is 0.271 e. The number of carbonyl (C=O) groups is 2. The summed E-state index contributed by atoms with van der Waals surface area (Å²) in [7, 11) is 0. The highest BCUT2D eigenvalue weighted by atomic mass is 16.2. The molecule has 21 heavy (non-hydrogen) atoms. The zero-order chi connectivity index (χ0) is 14.7. The molecule has 3 rings (SSSR count). The van der Waals surface area contributed by atoms with Crippen molar-refractivity contribution in [3.05, 3.63) is 42.1 Å². The highest BCUT2D eigenvalue weighted by molar-refractivity contribution is 5.95. The Bertz CT molecular complexity index is 562. The number of carbonyl (C=O) groups excluding carboxylic acids is 2. The lowest BCUT2D eigenvalue weighted by Gasteiger charge is -2.36. The average molecular weight is 286 g/mol. The van der Waals surface area contributed by atoms with Crippen molar-refractivity contribution in [2.24, 2.45) is 0 Å². The second-order valence-corrected chi connectivity index (χ2v) is 5.11. The summed E-state index contributed by atoms with van der Waals surface area (Å²) >= 11 is 0. The van der Waals surface area contributed by atoms with E-state index in [1.165, 1.54) is 5.69 Å². The van der Waals surface area contributed by atoms with Gasteiger partial charge in [0.2, 0.25) is 5.91 Å². The molecule has 2 N–H and O–H groups in total. The summed E-state index contributed by atoms with van der Waals surface area (Å²) in [4.78, 5) is 27.5. The molecule has 6 heteroatoms. The molecule has 0 saturated carbocycles. The van der Waals surface area contributed by atoms with Crippen LogP contribution in [0.25, 0.3) is 0 Å². The Kier molecular flexibility index (Phi) is 3.77. The van der Waals surface area contributed by atoms with Gasteiger partial charge in [0, 0.05) is 38.3 Å². The van der Waals surface area contributed by atoms with Crippen LogP contribution in [0, 0.1) is 0 Å². The molecule has 2 aliphatic rings. The number of hydrogen-bond donors (Lipinski definition) is 2. The minimum absolute atomic E-state index is 0.0530. The molecular weight excluding hydrogens is 268 g/mol. The molecule has 0 radical (unpaired) electrons. The molecule has 1 saturated heterocycles. The van der Waals surface area contributed by atoms with Crippen molar-refractivity contribution in [1.29, 1.82) is 0 Å². The van der Waals surface area contributed by atoms with Gasteiger partial charge in [-0.05, 0) is 18.2 Å². The molecule has 1 fully saturated rings. The fraction of sp³-hybridized carbons (Fsp3) is 0.333. The van der Waals surface area contributed by atoms with Crippen molar-refractivity contribution >= 4 is 17.5 Å². The third-order valence-corrected chi connectivity index (χ3v) is 3.75. The highest BCUT2D eigenvalue weighted by Gasteiger charge is 2.25. The van der Waals surface area contributed by atoms with Crippen molar-refractivity contribution in [2.75, 3.05) is 31.1 Å². The van der Waals surface area contributed by atoms with E-state index >= 15 is 0 Å². The third kappa shape index (κ3) is 2.99. The summed E-state index contributed by atoms with van der Waals surface area (Å²) in [6.07, 6.45) is 1.89. The Morgan fingerprint density at radius 2 is 1.71 bits per heavy atom. The Hall–Kier alpha value is -2.50. The molecular formula is C15H18N4O2. The first-order valence-corrected chi connectivity index (χ1v) is 7.08.